The van der Waals surface area contributed by atoms with Crippen LogP contribution in [0.4, 0.5) is 17.1 Å². The number of ether oxygens (including phenoxy) is 1. The SMILES string of the molecule is C[C@H]1[C@H]([Si](C)(C)O)[C@@H](CCn2cc(CCO)nn2)O[C@]12C(=O)N(C)c1ccc(N3CN(c4ccccc4)C4(CCNCC4)C3=O)cc12. The van der Waals surface area contributed by atoms with Gasteiger partial charge in [0.15, 0.2) is 13.9 Å². The van der Waals surface area contributed by atoms with Gasteiger partial charge in [-0.3, -0.25) is 19.2 Å². The zero-order valence-corrected chi connectivity index (χ0v) is 28.6. The van der Waals surface area contributed by atoms with E-state index in [1.807, 2.05) is 67.5 Å². The molecule has 0 bridgehead atoms. The highest BCUT2D eigenvalue weighted by Crippen LogP contribution is 2.60. The van der Waals surface area contributed by atoms with Crippen LogP contribution in [0.2, 0.25) is 18.6 Å². The van der Waals surface area contributed by atoms with Crippen molar-refractivity contribution in [2.75, 3.05) is 48.1 Å². The third-order valence-corrected chi connectivity index (χ3v) is 13.5. The Morgan fingerprint density at radius 2 is 1.81 bits per heavy atom. The lowest BCUT2D eigenvalue weighted by molar-refractivity contribution is -0.145. The maximum Gasteiger partial charge on any atom is 0.264 e. The topological polar surface area (TPSA) is 136 Å². The Labute approximate surface area is 276 Å². The number of rotatable bonds is 8. The summed E-state index contributed by atoms with van der Waals surface area (Å²) in [6, 6.07) is 16.0. The van der Waals surface area contributed by atoms with E-state index in [2.05, 4.69) is 32.7 Å². The van der Waals surface area contributed by atoms with E-state index in [0.29, 0.717) is 44.6 Å². The van der Waals surface area contributed by atoms with E-state index >= 15 is 0 Å². The Balaban J connectivity index is 1.25. The Morgan fingerprint density at radius 3 is 2.51 bits per heavy atom. The lowest BCUT2D eigenvalue weighted by Crippen LogP contribution is -2.55. The minimum Gasteiger partial charge on any atom is -0.432 e. The van der Waals surface area contributed by atoms with E-state index < -0.39 is 25.6 Å². The number of likely N-dealkylation sites (N-methyl/N-ethyl adjacent to an activating group) is 1. The molecule has 3 saturated heterocycles. The second-order valence-corrected chi connectivity index (χ2v) is 18.1. The molecule has 0 radical (unpaired) electrons. The molecular weight excluding hydrogens is 615 g/mol. The summed E-state index contributed by atoms with van der Waals surface area (Å²) >= 11 is 0. The molecule has 3 aromatic rings. The van der Waals surface area contributed by atoms with Crippen LogP contribution < -0.4 is 20.0 Å². The number of aromatic nitrogens is 3. The highest BCUT2D eigenvalue weighted by Gasteiger charge is 2.66. The number of aliphatic hydroxyl groups is 1. The number of nitrogens with one attached hydrogen (secondary N) is 1. The monoisotopic (exact) mass is 659 g/mol. The summed E-state index contributed by atoms with van der Waals surface area (Å²) in [6.07, 6.45) is 3.81. The van der Waals surface area contributed by atoms with Gasteiger partial charge in [-0.2, -0.15) is 0 Å². The van der Waals surface area contributed by atoms with Crippen LogP contribution >= 0.6 is 0 Å². The Morgan fingerprint density at radius 1 is 1.06 bits per heavy atom. The second kappa shape index (κ2) is 11.8. The molecule has 2 amide bonds. The van der Waals surface area contributed by atoms with Crippen LogP contribution in [0, 0.1) is 5.92 Å². The van der Waals surface area contributed by atoms with Crippen molar-refractivity contribution in [1.82, 2.24) is 20.3 Å². The average Bonchev–Trinajstić information content (AvgIpc) is 3.77. The number of hydrogen-bond acceptors (Lipinski definition) is 9. The van der Waals surface area contributed by atoms with Gasteiger partial charge in [0.25, 0.3) is 11.8 Å². The second-order valence-electron chi connectivity index (χ2n) is 14.1. The molecule has 1 aromatic heterocycles. The number of aliphatic hydroxyl groups excluding tert-OH is 1. The quantitative estimate of drug-likeness (QED) is 0.312. The molecule has 4 atom stereocenters. The van der Waals surface area contributed by atoms with Gasteiger partial charge in [0, 0.05) is 61.2 Å². The third kappa shape index (κ3) is 5.01. The van der Waals surface area contributed by atoms with Gasteiger partial charge in [-0.15, -0.1) is 5.10 Å². The number of anilines is 3. The molecule has 2 spiro atoms. The van der Waals surface area contributed by atoms with Crippen LogP contribution in [0.25, 0.3) is 0 Å². The van der Waals surface area contributed by atoms with Gasteiger partial charge >= 0.3 is 0 Å². The first kappa shape index (κ1) is 31.9. The van der Waals surface area contributed by atoms with Gasteiger partial charge in [-0.05, 0) is 75.8 Å². The maximum absolute atomic E-state index is 14.5. The summed E-state index contributed by atoms with van der Waals surface area (Å²) in [6.45, 7) is 8.30. The summed E-state index contributed by atoms with van der Waals surface area (Å²) in [5, 5.41) is 21.0. The molecule has 0 aliphatic carbocycles. The number of carbonyl (C=O) groups is 2. The molecule has 250 valence electrons. The first-order valence-electron chi connectivity index (χ1n) is 16.7. The minimum atomic E-state index is -2.84. The molecule has 3 fully saturated rings. The van der Waals surface area contributed by atoms with Crippen LogP contribution in [-0.2, 0) is 32.9 Å². The number of nitrogens with zero attached hydrogens (tertiary/aromatic N) is 6. The van der Waals surface area contributed by atoms with E-state index in [1.165, 1.54) is 0 Å². The van der Waals surface area contributed by atoms with Crippen molar-refractivity contribution in [3.8, 4) is 0 Å². The molecule has 7 rings (SSSR count). The van der Waals surface area contributed by atoms with Crippen LogP contribution in [0.5, 0.6) is 0 Å². The summed E-state index contributed by atoms with van der Waals surface area (Å²) in [4.78, 5) is 46.2. The number of hydrogen-bond donors (Lipinski definition) is 3. The first-order chi connectivity index (χ1) is 22.5. The number of piperidine rings is 1. The van der Waals surface area contributed by atoms with Crippen LogP contribution in [0.1, 0.15) is 37.4 Å². The fraction of sp³-hybridized carbons (Fsp3) is 0.529. The molecular formula is C34H45N7O5Si. The molecule has 47 heavy (non-hydrogen) atoms. The van der Waals surface area contributed by atoms with Crippen molar-refractivity contribution < 1.29 is 24.2 Å². The van der Waals surface area contributed by atoms with Crippen LogP contribution in [0.15, 0.2) is 54.7 Å². The number of benzene rings is 2. The zero-order chi connectivity index (χ0) is 33.1. The average molecular weight is 660 g/mol. The van der Waals surface area contributed by atoms with Gasteiger partial charge in [0.1, 0.15) is 5.54 Å². The fourth-order valence-corrected chi connectivity index (χ4v) is 11.3. The number of carbonyl (C=O) groups excluding carboxylic acids is 2. The van der Waals surface area contributed by atoms with E-state index in [0.717, 1.165) is 35.7 Å². The lowest BCUT2D eigenvalue weighted by Gasteiger charge is -2.39. The first-order valence-corrected chi connectivity index (χ1v) is 19.7. The molecule has 12 nitrogen and oxygen atoms in total. The number of amides is 2. The van der Waals surface area contributed by atoms with Crippen molar-refractivity contribution >= 4 is 37.2 Å². The van der Waals surface area contributed by atoms with Gasteiger partial charge in [-0.25, -0.2) is 0 Å². The summed E-state index contributed by atoms with van der Waals surface area (Å²) in [5.41, 5.74) is 1.81. The van der Waals surface area contributed by atoms with E-state index in [-0.39, 0.29) is 29.9 Å². The highest BCUT2D eigenvalue weighted by molar-refractivity contribution is 6.71. The summed E-state index contributed by atoms with van der Waals surface area (Å²) < 4.78 is 8.68. The zero-order valence-electron chi connectivity index (χ0n) is 27.6. The predicted molar refractivity (Wildman–Crippen MR) is 181 cm³/mol. The van der Waals surface area contributed by atoms with Crippen molar-refractivity contribution in [1.29, 1.82) is 0 Å². The molecule has 4 aliphatic heterocycles. The standard InChI is InChI=1S/C34H45N7O5Si/c1-23-30(47(3,4)45)29(12-18-39-21-24(13-19-42)36-37-39)46-34(23)27-20-26(10-11-28(27)38(2)32(34)44)40-22-41(25-8-6-5-7-9-25)33(31(40)43)14-16-35-17-15-33/h5-11,20-21,23,29-30,35,42,45H,12-19,22H2,1-4H3/t23-,29+,30-,34+/m0/s1. The van der Waals surface area contributed by atoms with Gasteiger partial charge in [0.2, 0.25) is 0 Å². The normalized spacial score (nSPS) is 27.1. The Kier molecular flexibility index (Phi) is 8.03. The molecule has 13 heteroatoms. The Hall–Kier alpha value is -3.62. The van der Waals surface area contributed by atoms with Gasteiger partial charge in [-0.1, -0.05) is 30.3 Å². The third-order valence-electron chi connectivity index (χ3n) is 10.9. The van der Waals surface area contributed by atoms with Crippen molar-refractivity contribution in [3.05, 3.63) is 66.0 Å². The largest absolute Gasteiger partial charge is 0.432 e. The Bertz CT molecular complexity index is 1660. The molecule has 3 N–H and O–H groups in total. The summed E-state index contributed by atoms with van der Waals surface area (Å²) in [5.74, 6) is -0.387. The van der Waals surface area contributed by atoms with Crippen molar-refractivity contribution in [2.45, 2.75) is 75.0 Å². The van der Waals surface area contributed by atoms with Crippen molar-refractivity contribution in [3.63, 3.8) is 0 Å². The van der Waals surface area contributed by atoms with Crippen LogP contribution in [-0.4, -0.2) is 90.1 Å². The highest BCUT2D eigenvalue weighted by atomic mass is 28.4. The summed E-state index contributed by atoms with van der Waals surface area (Å²) in [7, 11) is -1.06. The lowest BCUT2D eigenvalue weighted by atomic mass is 9.82. The molecule has 4 aliphatic rings. The molecule has 0 saturated carbocycles. The van der Waals surface area contributed by atoms with Crippen LogP contribution in [0.3, 0.4) is 0 Å². The van der Waals surface area contributed by atoms with E-state index in [9.17, 15) is 19.5 Å². The number of para-hydroxylation sites is 1. The van der Waals surface area contributed by atoms with E-state index in [1.54, 1.807) is 16.6 Å². The predicted octanol–water partition coefficient (Wildman–Crippen LogP) is 2.61. The van der Waals surface area contributed by atoms with Gasteiger partial charge in [0.05, 0.1) is 24.2 Å². The van der Waals surface area contributed by atoms with Gasteiger partial charge < -0.3 is 29.8 Å². The molecule has 5 heterocycles. The fourth-order valence-electron chi connectivity index (χ4n) is 8.71. The minimum absolute atomic E-state index is 0.000624. The molecule has 2 aromatic carbocycles. The number of aryl methyl sites for hydroxylation is 1. The van der Waals surface area contributed by atoms with Crippen molar-refractivity contribution in [2.24, 2.45) is 5.92 Å². The maximum atomic E-state index is 14.5. The molecule has 0 unspecified atom stereocenters. The van der Waals surface area contributed by atoms with E-state index in [4.69, 9.17) is 4.74 Å². The smallest absolute Gasteiger partial charge is 0.264 e. The number of fused-ring (bicyclic) bond motifs is 2.